The zero-order chi connectivity index (χ0) is 25.1. The third-order valence-corrected chi connectivity index (χ3v) is 5.72. The second-order valence-corrected chi connectivity index (χ2v) is 8.09. The van der Waals surface area contributed by atoms with Crippen LogP contribution in [0.4, 0.5) is 5.69 Å². The van der Waals surface area contributed by atoms with Crippen LogP contribution in [0.15, 0.2) is 82.9 Å². The van der Waals surface area contributed by atoms with Gasteiger partial charge in [-0.2, -0.15) is 0 Å². The van der Waals surface area contributed by atoms with Gasteiger partial charge >= 0.3 is 5.69 Å². The molecular weight excluding hydrogens is 444 g/mol. The molecule has 2 aromatic carbocycles. The summed E-state index contributed by atoms with van der Waals surface area (Å²) >= 11 is 0. The second kappa shape index (κ2) is 9.80. The van der Waals surface area contributed by atoms with Crippen LogP contribution < -0.4 is 20.9 Å². The summed E-state index contributed by atoms with van der Waals surface area (Å²) in [5, 5.41) is 0.267. The van der Waals surface area contributed by atoms with E-state index in [1.54, 1.807) is 62.4 Å². The summed E-state index contributed by atoms with van der Waals surface area (Å²) in [5.41, 5.74) is 1.36. The molecule has 8 nitrogen and oxygen atoms in total. The van der Waals surface area contributed by atoms with Crippen molar-refractivity contribution in [2.45, 2.75) is 20.4 Å². The van der Waals surface area contributed by atoms with Crippen molar-refractivity contribution in [2.75, 3.05) is 18.6 Å². The minimum Gasteiger partial charge on any atom is -0.495 e. The fraction of sp³-hybridized carbons (Fsp3) is 0.185. The van der Waals surface area contributed by atoms with Gasteiger partial charge in [-0.1, -0.05) is 36.4 Å². The third kappa shape index (κ3) is 4.38. The minimum absolute atomic E-state index is 0.219. The maximum absolute atomic E-state index is 13.8. The maximum atomic E-state index is 13.8. The van der Waals surface area contributed by atoms with Gasteiger partial charge in [0.05, 0.1) is 18.2 Å². The molecule has 0 fully saturated rings. The van der Waals surface area contributed by atoms with Crippen LogP contribution in [0.3, 0.4) is 0 Å². The summed E-state index contributed by atoms with van der Waals surface area (Å²) in [7, 11) is 1.50. The monoisotopic (exact) mass is 470 g/mol. The van der Waals surface area contributed by atoms with Crippen molar-refractivity contribution in [3.05, 3.63) is 105 Å². The molecule has 0 aliphatic carbocycles. The number of ether oxygens (including phenoxy) is 1. The van der Waals surface area contributed by atoms with Crippen molar-refractivity contribution in [1.29, 1.82) is 0 Å². The number of amides is 1. The summed E-state index contributed by atoms with van der Waals surface area (Å²) < 4.78 is 7.78. The summed E-state index contributed by atoms with van der Waals surface area (Å²) in [4.78, 5) is 46.7. The lowest BCUT2D eigenvalue weighted by Crippen LogP contribution is -2.45. The van der Waals surface area contributed by atoms with Gasteiger partial charge in [0.15, 0.2) is 5.65 Å². The van der Waals surface area contributed by atoms with Gasteiger partial charge in [-0.3, -0.25) is 9.59 Å². The molecule has 35 heavy (non-hydrogen) atoms. The standard InChI is InChI=1S/C27H26N4O4/c1-5-15-29(20-11-7-6-8-12-20)23(32)17-30-26(33)24-18(2)16-19(3)28-25(24)31(27(30)34)21-13-9-10-14-22(21)35-4/h5-14,16H,1,15,17H2,2-4H3. The second-order valence-electron chi connectivity index (χ2n) is 8.09. The number of para-hydroxylation sites is 3. The first-order chi connectivity index (χ1) is 16.9. The number of nitrogens with zero attached hydrogens (tertiary/aromatic N) is 4. The van der Waals surface area contributed by atoms with Gasteiger partial charge in [-0.15, -0.1) is 6.58 Å². The summed E-state index contributed by atoms with van der Waals surface area (Å²) in [6, 6.07) is 17.8. The minimum atomic E-state index is -0.676. The lowest BCUT2D eigenvalue weighted by atomic mass is 10.1. The van der Waals surface area contributed by atoms with Crippen LogP contribution in [0, 0.1) is 13.8 Å². The van der Waals surface area contributed by atoms with Crippen LogP contribution >= 0.6 is 0 Å². The van der Waals surface area contributed by atoms with Crippen LogP contribution in [0.2, 0.25) is 0 Å². The Morgan fingerprint density at radius 2 is 1.77 bits per heavy atom. The predicted molar refractivity (Wildman–Crippen MR) is 137 cm³/mol. The third-order valence-electron chi connectivity index (χ3n) is 5.72. The Hall–Kier alpha value is -4.46. The van der Waals surface area contributed by atoms with Gasteiger partial charge in [0.25, 0.3) is 5.56 Å². The quantitative estimate of drug-likeness (QED) is 0.387. The molecule has 178 valence electrons. The van der Waals surface area contributed by atoms with Gasteiger partial charge in [-0.25, -0.2) is 18.9 Å². The van der Waals surface area contributed by atoms with Crippen molar-refractivity contribution in [3.8, 4) is 11.4 Å². The molecule has 0 radical (unpaired) electrons. The Bertz CT molecular complexity index is 1540. The van der Waals surface area contributed by atoms with E-state index < -0.39 is 23.7 Å². The highest BCUT2D eigenvalue weighted by Crippen LogP contribution is 2.24. The average Bonchev–Trinajstić information content (AvgIpc) is 2.85. The van der Waals surface area contributed by atoms with Crippen LogP contribution in [-0.4, -0.2) is 33.7 Å². The highest BCUT2D eigenvalue weighted by Gasteiger charge is 2.23. The largest absolute Gasteiger partial charge is 0.495 e. The number of hydrogen-bond acceptors (Lipinski definition) is 5. The molecule has 8 heteroatoms. The molecule has 0 aliphatic heterocycles. The lowest BCUT2D eigenvalue weighted by molar-refractivity contribution is -0.119. The Morgan fingerprint density at radius 3 is 2.46 bits per heavy atom. The highest BCUT2D eigenvalue weighted by molar-refractivity contribution is 5.93. The van der Waals surface area contributed by atoms with Gasteiger partial charge in [0.1, 0.15) is 12.3 Å². The molecule has 2 aromatic heterocycles. The van der Waals surface area contributed by atoms with E-state index in [1.807, 2.05) is 18.2 Å². The van der Waals surface area contributed by atoms with Gasteiger partial charge in [0.2, 0.25) is 5.91 Å². The SMILES string of the molecule is C=CCN(C(=O)Cn1c(=O)c2c(C)cc(C)nc2n(-c2ccccc2OC)c1=O)c1ccccc1. The number of hydrogen-bond donors (Lipinski definition) is 0. The molecule has 0 bridgehead atoms. The molecule has 1 amide bonds. The predicted octanol–water partition coefficient (Wildman–Crippen LogP) is 3.39. The first-order valence-electron chi connectivity index (χ1n) is 11.1. The molecular formula is C27H26N4O4. The van der Waals surface area contributed by atoms with E-state index in [2.05, 4.69) is 11.6 Å². The number of fused-ring (bicyclic) bond motifs is 1. The van der Waals surface area contributed by atoms with Crippen LogP contribution in [-0.2, 0) is 11.3 Å². The van der Waals surface area contributed by atoms with E-state index in [1.165, 1.54) is 16.6 Å². The molecule has 4 aromatic rings. The molecule has 0 aliphatic rings. The molecule has 2 heterocycles. The van der Waals surface area contributed by atoms with Crippen molar-refractivity contribution in [2.24, 2.45) is 0 Å². The van der Waals surface area contributed by atoms with Crippen LogP contribution in [0.1, 0.15) is 11.3 Å². The number of aryl methyl sites for hydroxylation is 2. The fourth-order valence-corrected chi connectivity index (χ4v) is 4.16. The summed E-state index contributed by atoms with van der Waals surface area (Å²) in [5.74, 6) is 0.0184. The van der Waals surface area contributed by atoms with Crippen LogP contribution in [0.25, 0.3) is 16.7 Å². The normalized spacial score (nSPS) is 10.8. The molecule has 0 saturated heterocycles. The zero-order valence-corrected chi connectivity index (χ0v) is 19.9. The van der Waals surface area contributed by atoms with E-state index in [0.29, 0.717) is 28.4 Å². The van der Waals surface area contributed by atoms with Crippen molar-refractivity contribution in [1.82, 2.24) is 14.1 Å². The highest BCUT2D eigenvalue weighted by atomic mass is 16.5. The Morgan fingerprint density at radius 1 is 1.09 bits per heavy atom. The molecule has 4 rings (SSSR count). The number of methoxy groups -OCH3 is 1. The fourth-order valence-electron chi connectivity index (χ4n) is 4.16. The van der Waals surface area contributed by atoms with Gasteiger partial charge in [0, 0.05) is 17.9 Å². The number of benzene rings is 2. The first-order valence-corrected chi connectivity index (χ1v) is 11.1. The molecule has 0 spiro atoms. The van der Waals surface area contributed by atoms with Crippen LogP contribution in [0.5, 0.6) is 5.75 Å². The summed E-state index contributed by atoms with van der Waals surface area (Å²) in [6.45, 7) is 7.10. The Kier molecular flexibility index (Phi) is 6.64. The first kappa shape index (κ1) is 23.7. The molecule has 0 atom stereocenters. The van der Waals surface area contributed by atoms with Crippen molar-refractivity contribution < 1.29 is 9.53 Å². The topological polar surface area (TPSA) is 86.4 Å². The lowest BCUT2D eigenvalue weighted by Gasteiger charge is -2.22. The maximum Gasteiger partial charge on any atom is 0.337 e. The van der Waals surface area contributed by atoms with Gasteiger partial charge < -0.3 is 9.64 Å². The Balaban J connectivity index is 1.97. The number of carbonyl (C=O) groups is 1. The van der Waals surface area contributed by atoms with Crippen molar-refractivity contribution >= 4 is 22.6 Å². The number of rotatable bonds is 7. The van der Waals surface area contributed by atoms with E-state index in [4.69, 9.17) is 4.74 Å². The number of aromatic nitrogens is 3. The zero-order valence-electron chi connectivity index (χ0n) is 19.9. The number of anilines is 1. The van der Waals surface area contributed by atoms with E-state index >= 15 is 0 Å². The molecule has 0 unspecified atom stereocenters. The van der Waals surface area contributed by atoms with E-state index in [0.717, 1.165) is 4.57 Å². The average molecular weight is 471 g/mol. The van der Waals surface area contributed by atoms with E-state index in [9.17, 15) is 14.4 Å². The van der Waals surface area contributed by atoms with Crippen molar-refractivity contribution in [3.63, 3.8) is 0 Å². The molecule has 0 saturated carbocycles. The smallest absolute Gasteiger partial charge is 0.337 e. The Labute approximate surface area is 202 Å². The van der Waals surface area contributed by atoms with E-state index in [-0.39, 0.29) is 17.6 Å². The number of pyridine rings is 1. The van der Waals surface area contributed by atoms with Gasteiger partial charge in [-0.05, 0) is 49.7 Å². The molecule has 0 N–H and O–H groups in total. The summed E-state index contributed by atoms with van der Waals surface area (Å²) in [6.07, 6.45) is 1.60. The number of carbonyl (C=O) groups excluding carboxylic acids is 1.